The van der Waals surface area contributed by atoms with Crippen molar-refractivity contribution < 1.29 is 24.6 Å². The number of Topliss-reactive ketones (excluding diaryl/α,β-unsaturated/α-hetero) is 1. The Hall–Kier alpha value is -2.90. The van der Waals surface area contributed by atoms with Gasteiger partial charge in [0.1, 0.15) is 5.75 Å². The number of ketones is 1. The van der Waals surface area contributed by atoms with Crippen molar-refractivity contribution in [3.8, 4) is 16.9 Å². The number of aliphatic carboxylic acids is 1. The fourth-order valence-corrected chi connectivity index (χ4v) is 3.24. The van der Waals surface area contributed by atoms with E-state index < -0.39 is 17.3 Å². The van der Waals surface area contributed by atoms with Gasteiger partial charge >= 0.3 is 5.97 Å². The molecule has 0 aromatic heterocycles. The van der Waals surface area contributed by atoms with E-state index in [9.17, 15) is 24.6 Å². The van der Waals surface area contributed by atoms with Crippen LogP contribution in [0.3, 0.4) is 0 Å². The second-order valence-corrected chi connectivity index (χ2v) is 6.70. The predicted molar refractivity (Wildman–Crippen MR) is 114 cm³/mol. The highest BCUT2D eigenvalue weighted by atomic mass is 35.5. The summed E-state index contributed by atoms with van der Waals surface area (Å²) in [6.45, 7) is 3.02. The zero-order valence-corrected chi connectivity index (χ0v) is 17.5. The molecule has 0 saturated heterocycles. The Bertz CT molecular complexity index is 912. The Balaban J connectivity index is 0.00000420. The smallest absolute Gasteiger partial charge is 0.332 e. The Morgan fingerprint density at radius 1 is 1.07 bits per heavy atom. The zero-order valence-electron chi connectivity index (χ0n) is 16.7. The zero-order chi connectivity index (χ0) is 21.1. The standard InChI is InChI=1S/C21H24N2O5.ClH/c1-5-21(20(27)28,23(3)4)19(26)17-8-6-7-16(18(17)25)14-9-11-15(12-10-14)22-13(2)24;/h6-12,25H,5H2,1-4H3,(H,22,24)(H,27,28);1H. The monoisotopic (exact) mass is 420 g/mol. The summed E-state index contributed by atoms with van der Waals surface area (Å²) in [5, 5.41) is 23.1. The second kappa shape index (κ2) is 9.54. The highest BCUT2D eigenvalue weighted by molar-refractivity contribution is 6.17. The van der Waals surface area contributed by atoms with Gasteiger partial charge < -0.3 is 15.5 Å². The van der Waals surface area contributed by atoms with Crippen LogP contribution in [-0.4, -0.2) is 52.4 Å². The van der Waals surface area contributed by atoms with E-state index in [1.807, 2.05) is 0 Å². The predicted octanol–water partition coefficient (Wildman–Crippen LogP) is 3.42. The van der Waals surface area contributed by atoms with Gasteiger partial charge in [0, 0.05) is 18.2 Å². The lowest BCUT2D eigenvalue weighted by molar-refractivity contribution is -0.146. The quantitative estimate of drug-likeness (QED) is 0.468. The fourth-order valence-electron chi connectivity index (χ4n) is 3.24. The van der Waals surface area contributed by atoms with Crippen LogP contribution in [0.25, 0.3) is 11.1 Å². The van der Waals surface area contributed by atoms with Gasteiger partial charge in [-0.2, -0.15) is 0 Å². The summed E-state index contributed by atoms with van der Waals surface area (Å²) in [5.41, 5.74) is -0.198. The van der Waals surface area contributed by atoms with Gasteiger partial charge in [0.2, 0.25) is 5.91 Å². The molecule has 1 atom stereocenters. The highest BCUT2D eigenvalue weighted by Crippen LogP contribution is 2.36. The van der Waals surface area contributed by atoms with Crippen LogP contribution in [0.4, 0.5) is 5.69 Å². The number of carboxylic acids is 1. The summed E-state index contributed by atoms with van der Waals surface area (Å²) in [6.07, 6.45) is 0.0449. The molecule has 0 saturated carbocycles. The first-order valence-corrected chi connectivity index (χ1v) is 8.80. The first-order valence-electron chi connectivity index (χ1n) is 8.80. The number of amides is 1. The van der Waals surface area contributed by atoms with Crippen molar-refractivity contribution in [2.45, 2.75) is 25.8 Å². The average Bonchev–Trinajstić information content (AvgIpc) is 2.62. The van der Waals surface area contributed by atoms with E-state index in [0.717, 1.165) is 0 Å². The van der Waals surface area contributed by atoms with Crippen LogP contribution in [0.2, 0.25) is 0 Å². The van der Waals surface area contributed by atoms with Crippen LogP contribution in [0, 0.1) is 0 Å². The van der Waals surface area contributed by atoms with E-state index in [2.05, 4.69) is 5.32 Å². The number of para-hydroxylation sites is 1. The molecule has 0 aliphatic heterocycles. The number of phenols is 1. The molecule has 8 heteroatoms. The number of rotatable bonds is 7. The Morgan fingerprint density at radius 2 is 1.66 bits per heavy atom. The third kappa shape index (κ3) is 4.58. The molecule has 0 bridgehead atoms. The molecular formula is C21H25ClN2O5. The number of carbonyl (C=O) groups is 3. The summed E-state index contributed by atoms with van der Waals surface area (Å²) in [7, 11) is 3.05. The van der Waals surface area contributed by atoms with Crippen molar-refractivity contribution in [2.24, 2.45) is 0 Å². The molecule has 0 heterocycles. The van der Waals surface area contributed by atoms with E-state index in [0.29, 0.717) is 16.8 Å². The maximum absolute atomic E-state index is 13.1. The molecule has 156 valence electrons. The number of benzene rings is 2. The van der Waals surface area contributed by atoms with E-state index in [1.165, 1.54) is 32.0 Å². The van der Waals surface area contributed by atoms with Crippen molar-refractivity contribution in [2.75, 3.05) is 19.4 Å². The normalized spacial score (nSPS) is 12.6. The average molecular weight is 421 g/mol. The first-order chi connectivity index (χ1) is 13.1. The molecule has 1 unspecified atom stereocenters. The number of likely N-dealkylation sites (N-methyl/N-ethyl adjacent to an activating group) is 1. The molecular weight excluding hydrogens is 396 g/mol. The largest absolute Gasteiger partial charge is 0.507 e. The summed E-state index contributed by atoms with van der Waals surface area (Å²) in [6, 6.07) is 11.4. The number of phenolic OH excluding ortho intramolecular Hbond substituents is 1. The van der Waals surface area contributed by atoms with Gasteiger partial charge in [-0.05, 0) is 44.3 Å². The first kappa shape index (κ1) is 24.1. The number of nitrogens with zero attached hydrogens (tertiary/aromatic N) is 1. The third-order valence-electron chi connectivity index (χ3n) is 4.80. The SMILES string of the molecule is CCC(C(=O)O)(C(=O)c1cccc(-c2ccc(NC(C)=O)cc2)c1O)N(C)C.Cl. The molecule has 2 aromatic rings. The van der Waals surface area contributed by atoms with Gasteiger partial charge in [-0.25, -0.2) is 4.79 Å². The van der Waals surface area contributed by atoms with Crippen LogP contribution in [0.15, 0.2) is 42.5 Å². The second-order valence-electron chi connectivity index (χ2n) is 6.70. The number of carboxylic acid groups (broad SMARTS) is 1. The lowest BCUT2D eigenvalue weighted by Crippen LogP contribution is -2.57. The Morgan fingerprint density at radius 3 is 2.10 bits per heavy atom. The van der Waals surface area contributed by atoms with Crippen molar-refractivity contribution in [1.82, 2.24) is 4.90 Å². The van der Waals surface area contributed by atoms with E-state index in [-0.39, 0.29) is 36.0 Å². The summed E-state index contributed by atoms with van der Waals surface area (Å²) >= 11 is 0. The highest BCUT2D eigenvalue weighted by Gasteiger charge is 2.48. The molecule has 0 radical (unpaired) electrons. The Labute approximate surface area is 175 Å². The van der Waals surface area contributed by atoms with Crippen molar-refractivity contribution in [1.29, 1.82) is 0 Å². The molecule has 0 fully saturated rings. The van der Waals surface area contributed by atoms with Crippen LogP contribution in [-0.2, 0) is 9.59 Å². The van der Waals surface area contributed by atoms with Crippen LogP contribution >= 0.6 is 12.4 Å². The van der Waals surface area contributed by atoms with Crippen molar-refractivity contribution >= 4 is 35.8 Å². The number of nitrogens with one attached hydrogen (secondary N) is 1. The van der Waals surface area contributed by atoms with Crippen LogP contribution in [0.1, 0.15) is 30.6 Å². The van der Waals surface area contributed by atoms with E-state index in [1.54, 1.807) is 43.3 Å². The number of hydrogen-bond donors (Lipinski definition) is 3. The Kier molecular flexibility index (Phi) is 7.94. The lowest BCUT2D eigenvalue weighted by Gasteiger charge is -2.33. The third-order valence-corrected chi connectivity index (χ3v) is 4.80. The van der Waals surface area contributed by atoms with Crippen LogP contribution in [0.5, 0.6) is 5.75 Å². The molecule has 0 aliphatic rings. The molecule has 0 spiro atoms. The molecule has 0 aliphatic carbocycles. The van der Waals surface area contributed by atoms with Crippen molar-refractivity contribution in [3.63, 3.8) is 0 Å². The van der Waals surface area contributed by atoms with E-state index >= 15 is 0 Å². The molecule has 2 rings (SSSR count). The van der Waals surface area contributed by atoms with Crippen molar-refractivity contribution in [3.05, 3.63) is 48.0 Å². The minimum atomic E-state index is -1.77. The van der Waals surface area contributed by atoms with E-state index in [4.69, 9.17) is 0 Å². The number of hydrogen-bond acceptors (Lipinski definition) is 5. The molecule has 1 amide bonds. The van der Waals surface area contributed by atoms with Gasteiger partial charge in [0.25, 0.3) is 0 Å². The minimum Gasteiger partial charge on any atom is -0.507 e. The van der Waals surface area contributed by atoms with Gasteiger partial charge in [0.05, 0.1) is 5.56 Å². The van der Waals surface area contributed by atoms with Crippen LogP contribution < -0.4 is 5.32 Å². The summed E-state index contributed by atoms with van der Waals surface area (Å²) in [5.74, 6) is -2.42. The molecule has 29 heavy (non-hydrogen) atoms. The molecule has 7 nitrogen and oxygen atoms in total. The number of aromatic hydroxyl groups is 1. The van der Waals surface area contributed by atoms with Gasteiger partial charge in [-0.3, -0.25) is 14.5 Å². The fraction of sp³-hybridized carbons (Fsp3) is 0.286. The topological polar surface area (TPSA) is 107 Å². The summed E-state index contributed by atoms with van der Waals surface area (Å²) < 4.78 is 0. The van der Waals surface area contributed by atoms with Gasteiger partial charge in [-0.15, -0.1) is 12.4 Å². The minimum absolute atomic E-state index is 0. The number of halogens is 1. The van der Waals surface area contributed by atoms with Gasteiger partial charge in [0.15, 0.2) is 11.3 Å². The molecule has 3 N–H and O–H groups in total. The number of carbonyl (C=O) groups excluding carboxylic acids is 2. The number of anilines is 1. The maximum Gasteiger partial charge on any atom is 0.332 e. The van der Waals surface area contributed by atoms with Gasteiger partial charge in [-0.1, -0.05) is 31.2 Å². The molecule has 2 aromatic carbocycles. The lowest BCUT2D eigenvalue weighted by atomic mass is 9.84. The maximum atomic E-state index is 13.1. The summed E-state index contributed by atoms with van der Waals surface area (Å²) in [4.78, 5) is 37.5.